The summed E-state index contributed by atoms with van der Waals surface area (Å²) >= 11 is 0. The lowest BCUT2D eigenvalue weighted by Gasteiger charge is -2.14. The van der Waals surface area contributed by atoms with E-state index >= 15 is 0 Å². The minimum absolute atomic E-state index is 0.198. The van der Waals surface area contributed by atoms with Gasteiger partial charge in [0.2, 0.25) is 0 Å². The van der Waals surface area contributed by atoms with Crippen molar-refractivity contribution in [3.63, 3.8) is 0 Å². The first-order valence-electron chi connectivity index (χ1n) is 14.1. The predicted octanol–water partition coefficient (Wildman–Crippen LogP) is 8.70. The van der Waals surface area contributed by atoms with Gasteiger partial charge in [-0.15, -0.1) is 0 Å². The van der Waals surface area contributed by atoms with E-state index in [-0.39, 0.29) is 4.90 Å². The molecule has 0 fully saturated rings. The number of fused-ring (bicyclic) bond motifs is 2. The van der Waals surface area contributed by atoms with E-state index in [1.807, 2.05) is 73.8 Å². The number of nitrogens with zero attached hydrogens (tertiary/aromatic N) is 2. The summed E-state index contributed by atoms with van der Waals surface area (Å²) in [6.45, 7) is 1.91. The van der Waals surface area contributed by atoms with Crippen LogP contribution in [0.1, 0.15) is 11.1 Å². The van der Waals surface area contributed by atoms with Gasteiger partial charge in [-0.25, -0.2) is 13.4 Å². The number of H-pyrrole nitrogens is 1. The Kier molecular flexibility index (Phi) is 6.69. The number of benzene rings is 5. The van der Waals surface area contributed by atoms with Crippen LogP contribution in [0.5, 0.6) is 0 Å². The van der Waals surface area contributed by atoms with Gasteiger partial charge in [0.05, 0.1) is 21.8 Å². The van der Waals surface area contributed by atoms with E-state index in [0.29, 0.717) is 22.6 Å². The van der Waals surface area contributed by atoms with Crippen LogP contribution in [0.15, 0.2) is 132 Å². The molecular weight excluding hydrogens is 565 g/mol. The summed E-state index contributed by atoms with van der Waals surface area (Å²) in [6, 6.07) is 40.5. The van der Waals surface area contributed by atoms with Crippen molar-refractivity contribution >= 4 is 37.4 Å². The maximum Gasteiger partial charge on any atom is 0.261 e. The van der Waals surface area contributed by atoms with Gasteiger partial charge in [0.15, 0.2) is 0 Å². The summed E-state index contributed by atoms with van der Waals surface area (Å²) in [4.78, 5) is 8.54. The molecule has 0 saturated heterocycles. The molecule has 0 amide bonds. The molecule has 44 heavy (non-hydrogen) atoms. The van der Waals surface area contributed by atoms with Crippen LogP contribution in [0, 0.1) is 18.3 Å². The molecule has 2 heterocycles. The molecule has 212 valence electrons. The van der Waals surface area contributed by atoms with E-state index in [0.717, 1.165) is 49.5 Å². The van der Waals surface area contributed by atoms with Gasteiger partial charge in [0, 0.05) is 39.5 Å². The van der Waals surface area contributed by atoms with Crippen LogP contribution >= 0.6 is 0 Å². The van der Waals surface area contributed by atoms with Gasteiger partial charge in [-0.2, -0.15) is 5.26 Å². The monoisotopic (exact) mass is 590 g/mol. The number of hydrogen-bond acceptors (Lipinski definition) is 4. The fourth-order valence-corrected chi connectivity index (χ4v) is 6.55. The van der Waals surface area contributed by atoms with Crippen molar-refractivity contribution in [2.24, 2.45) is 0 Å². The minimum atomic E-state index is -3.74. The summed E-state index contributed by atoms with van der Waals surface area (Å²) in [7, 11) is -3.74. The predicted molar refractivity (Wildman–Crippen MR) is 177 cm³/mol. The second kappa shape index (κ2) is 10.8. The highest BCUT2D eigenvalue weighted by Gasteiger charge is 2.20. The van der Waals surface area contributed by atoms with Gasteiger partial charge in [0.1, 0.15) is 6.07 Å². The fraction of sp³-hybridized carbons (Fsp3) is 0.0270. The smallest absolute Gasteiger partial charge is 0.261 e. The SMILES string of the molecule is Cc1ccc(S(=O)(=O)Nc2ccc(-c3cc(-c4ccc5ccccc5c4)c(C#N)c(-c4c[nH]c5ccccc45)n3)cc2)cc1. The Morgan fingerprint density at radius 1 is 0.750 bits per heavy atom. The van der Waals surface area contributed by atoms with Crippen molar-refractivity contribution in [3.8, 4) is 39.7 Å². The number of hydrogen-bond donors (Lipinski definition) is 2. The zero-order valence-corrected chi connectivity index (χ0v) is 24.6. The summed E-state index contributed by atoms with van der Waals surface area (Å²) in [5, 5.41) is 13.7. The number of aromatic nitrogens is 2. The molecule has 7 aromatic rings. The molecule has 0 atom stereocenters. The average Bonchev–Trinajstić information content (AvgIpc) is 3.48. The van der Waals surface area contributed by atoms with Crippen molar-refractivity contribution in [1.29, 1.82) is 5.26 Å². The van der Waals surface area contributed by atoms with Gasteiger partial charge in [-0.05, 0) is 65.7 Å². The number of nitrogens with one attached hydrogen (secondary N) is 2. The number of sulfonamides is 1. The Labute approximate surface area is 255 Å². The lowest BCUT2D eigenvalue weighted by molar-refractivity contribution is 0.601. The van der Waals surface area contributed by atoms with E-state index in [1.165, 1.54) is 0 Å². The molecule has 5 aromatic carbocycles. The van der Waals surface area contributed by atoms with E-state index in [4.69, 9.17) is 4.98 Å². The van der Waals surface area contributed by atoms with Crippen LogP contribution in [0.3, 0.4) is 0 Å². The van der Waals surface area contributed by atoms with Gasteiger partial charge < -0.3 is 4.98 Å². The van der Waals surface area contributed by atoms with Crippen LogP contribution in [0.2, 0.25) is 0 Å². The molecule has 0 saturated carbocycles. The normalized spacial score (nSPS) is 11.5. The molecule has 2 N–H and O–H groups in total. The Hall–Kier alpha value is -5.71. The Morgan fingerprint density at radius 3 is 2.23 bits per heavy atom. The standard InChI is InChI=1S/C37H26N4O2S/c1-24-10-18-30(19-11-24)44(42,43)41-29-16-14-26(15-17-29)36-21-32(28-13-12-25-6-2-3-7-27(25)20-28)33(22-38)37(40-36)34-23-39-35-9-5-4-8-31(34)35/h2-21,23,39,41H,1H3. The molecule has 0 aliphatic rings. The zero-order chi connectivity index (χ0) is 30.3. The van der Waals surface area contributed by atoms with Crippen molar-refractivity contribution in [2.75, 3.05) is 4.72 Å². The average molecular weight is 591 g/mol. The van der Waals surface area contributed by atoms with Crippen LogP contribution < -0.4 is 4.72 Å². The Balaban J connectivity index is 1.35. The van der Waals surface area contributed by atoms with Crippen molar-refractivity contribution < 1.29 is 8.42 Å². The maximum atomic E-state index is 13.0. The third kappa shape index (κ3) is 4.98. The van der Waals surface area contributed by atoms with Crippen LogP contribution in [0.25, 0.3) is 55.3 Å². The molecule has 7 heteroatoms. The highest BCUT2D eigenvalue weighted by Crippen LogP contribution is 2.38. The molecule has 0 bridgehead atoms. The minimum Gasteiger partial charge on any atom is -0.360 e. The van der Waals surface area contributed by atoms with Crippen LogP contribution in [0.4, 0.5) is 5.69 Å². The first-order chi connectivity index (χ1) is 21.4. The first kappa shape index (κ1) is 27.1. The molecule has 0 aliphatic heterocycles. The van der Waals surface area contributed by atoms with Gasteiger partial charge >= 0.3 is 0 Å². The summed E-state index contributed by atoms with van der Waals surface area (Å²) in [5.74, 6) is 0. The Bertz CT molecular complexity index is 2330. The molecular formula is C37H26N4O2S. The number of anilines is 1. The quantitative estimate of drug-likeness (QED) is 0.202. The first-order valence-corrected chi connectivity index (χ1v) is 15.6. The van der Waals surface area contributed by atoms with Crippen molar-refractivity contribution in [2.45, 2.75) is 11.8 Å². The number of aryl methyl sites for hydroxylation is 1. The second-order valence-corrected chi connectivity index (χ2v) is 12.4. The van der Waals surface area contributed by atoms with Crippen LogP contribution in [-0.2, 0) is 10.0 Å². The van der Waals surface area contributed by atoms with E-state index < -0.39 is 10.0 Å². The lowest BCUT2D eigenvalue weighted by Crippen LogP contribution is -2.12. The van der Waals surface area contributed by atoms with Crippen molar-refractivity contribution in [1.82, 2.24) is 9.97 Å². The second-order valence-electron chi connectivity index (χ2n) is 10.7. The summed E-state index contributed by atoms with van der Waals surface area (Å²) < 4.78 is 28.6. The number of aromatic amines is 1. The zero-order valence-electron chi connectivity index (χ0n) is 23.7. The molecule has 0 radical (unpaired) electrons. The van der Waals surface area contributed by atoms with Gasteiger partial charge in [0.25, 0.3) is 10.0 Å². The molecule has 0 unspecified atom stereocenters. The number of rotatable bonds is 6. The van der Waals surface area contributed by atoms with Gasteiger partial charge in [-0.3, -0.25) is 4.72 Å². The topological polar surface area (TPSA) is 98.6 Å². The molecule has 7 rings (SSSR count). The van der Waals surface area contributed by atoms with E-state index in [2.05, 4.69) is 40.0 Å². The highest BCUT2D eigenvalue weighted by atomic mass is 32.2. The molecule has 2 aromatic heterocycles. The van der Waals surface area contributed by atoms with Gasteiger partial charge in [-0.1, -0.05) is 84.4 Å². The van der Waals surface area contributed by atoms with Crippen LogP contribution in [-0.4, -0.2) is 18.4 Å². The van der Waals surface area contributed by atoms with Crippen molar-refractivity contribution in [3.05, 3.63) is 139 Å². The summed E-state index contributed by atoms with van der Waals surface area (Å²) in [6.07, 6.45) is 1.89. The molecule has 0 spiro atoms. The van der Waals surface area contributed by atoms with E-state index in [9.17, 15) is 13.7 Å². The number of nitriles is 1. The largest absolute Gasteiger partial charge is 0.360 e. The third-order valence-electron chi connectivity index (χ3n) is 7.80. The summed E-state index contributed by atoms with van der Waals surface area (Å²) in [5.41, 5.74) is 7.41. The molecule has 0 aliphatic carbocycles. The number of para-hydroxylation sites is 1. The third-order valence-corrected chi connectivity index (χ3v) is 9.20. The highest BCUT2D eigenvalue weighted by molar-refractivity contribution is 7.92. The molecule has 6 nitrogen and oxygen atoms in total. The van der Waals surface area contributed by atoms with E-state index in [1.54, 1.807) is 36.4 Å². The maximum absolute atomic E-state index is 13.0. The number of pyridine rings is 1. The Morgan fingerprint density at radius 2 is 1.45 bits per heavy atom. The fourth-order valence-electron chi connectivity index (χ4n) is 5.49. The lowest BCUT2D eigenvalue weighted by atomic mass is 9.93.